The zero-order valence-electron chi connectivity index (χ0n) is 10.00. The highest BCUT2D eigenvalue weighted by Crippen LogP contribution is 2.15. The van der Waals surface area contributed by atoms with E-state index in [9.17, 15) is 4.79 Å². The summed E-state index contributed by atoms with van der Waals surface area (Å²) < 4.78 is 1.75. The highest BCUT2D eigenvalue weighted by molar-refractivity contribution is 5.82. The predicted molar refractivity (Wildman–Crippen MR) is 72.4 cm³/mol. The summed E-state index contributed by atoms with van der Waals surface area (Å²) in [6.07, 6.45) is 0. The largest absolute Gasteiger partial charge is 0.287 e. The summed E-state index contributed by atoms with van der Waals surface area (Å²) in [6, 6.07) is 17.1. The number of para-hydroxylation sites is 1. The van der Waals surface area contributed by atoms with Gasteiger partial charge in [0.25, 0.3) is 0 Å². The van der Waals surface area contributed by atoms with Crippen LogP contribution in [-0.2, 0) is 7.05 Å². The summed E-state index contributed by atoms with van der Waals surface area (Å²) in [5.74, 6) is 0. The molecule has 0 unspecified atom stereocenters. The van der Waals surface area contributed by atoms with Crippen molar-refractivity contribution in [1.82, 2.24) is 9.78 Å². The molecule has 0 aliphatic rings. The molecule has 0 saturated heterocycles. The molecule has 1 aromatic heterocycles. The first-order valence-corrected chi connectivity index (χ1v) is 5.79. The summed E-state index contributed by atoms with van der Waals surface area (Å²) in [5.41, 5.74) is 2.18. The van der Waals surface area contributed by atoms with Gasteiger partial charge in [0.15, 0.2) is 0 Å². The minimum atomic E-state index is -0.0186. The summed E-state index contributed by atoms with van der Waals surface area (Å²) in [6.45, 7) is 0. The number of fused-ring (bicyclic) bond motifs is 1. The predicted octanol–water partition coefficient (Wildman–Crippen LogP) is 2.60. The quantitative estimate of drug-likeness (QED) is 0.651. The second-order valence-corrected chi connectivity index (χ2v) is 4.18. The van der Waals surface area contributed by atoms with Gasteiger partial charge in [0.05, 0.1) is 5.52 Å². The first-order valence-electron chi connectivity index (χ1n) is 5.79. The van der Waals surface area contributed by atoms with Crippen molar-refractivity contribution in [2.75, 3.05) is 0 Å². The molecule has 0 spiro atoms. The maximum absolute atomic E-state index is 12.4. The fourth-order valence-electron chi connectivity index (χ4n) is 2.11. The van der Waals surface area contributed by atoms with Crippen LogP contribution < -0.4 is 5.43 Å². The monoisotopic (exact) mass is 236 g/mol. The first kappa shape index (κ1) is 10.7. The summed E-state index contributed by atoms with van der Waals surface area (Å²) in [4.78, 5) is 12.4. The maximum atomic E-state index is 12.4. The van der Waals surface area contributed by atoms with Gasteiger partial charge in [-0.2, -0.15) is 5.10 Å². The average molecular weight is 236 g/mol. The second kappa shape index (κ2) is 4.11. The topological polar surface area (TPSA) is 34.9 Å². The Morgan fingerprint density at radius 1 is 0.944 bits per heavy atom. The Morgan fingerprint density at radius 2 is 1.61 bits per heavy atom. The molecule has 0 fully saturated rings. The maximum Gasteiger partial charge on any atom is 0.215 e. The molecule has 3 nitrogen and oxygen atoms in total. The number of rotatable bonds is 1. The molecule has 0 saturated carbocycles. The Balaban J connectivity index is 2.39. The van der Waals surface area contributed by atoms with Crippen LogP contribution in [0, 0.1) is 0 Å². The molecule has 3 heteroatoms. The molecule has 2 aromatic carbocycles. The van der Waals surface area contributed by atoms with Crippen molar-refractivity contribution in [3.05, 3.63) is 64.8 Å². The smallest absolute Gasteiger partial charge is 0.215 e. The number of aromatic nitrogens is 2. The van der Waals surface area contributed by atoms with Gasteiger partial charge in [0.1, 0.15) is 5.69 Å². The lowest BCUT2D eigenvalue weighted by atomic mass is 10.1. The van der Waals surface area contributed by atoms with E-state index in [0.29, 0.717) is 11.1 Å². The van der Waals surface area contributed by atoms with Crippen LogP contribution in [0.4, 0.5) is 0 Å². The minimum Gasteiger partial charge on any atom is -0.287 e. The van der Waals surface area contributed by atoms with E-state index in [2.05, 4.69) is 5.10 Å². The van der Waals surface area contributed by atoms with Crippen molar-refractivity contribution in [1.29, 1.82) is 0 Å². The zero-order valence-corrected chi connectivity index (χ0v) is 10.00. The highest BCUT2D eigenvalue weighted by Gasteiger charge is 2.09. The van der Waals surface area contributed by atoms with Crippen LogP contribution in [0.5, 0.6) is 0 Å². The van der Waals surface area contributed by atoms with Crippen molar-refractivity contribution < 1.29 is 0 Å². The molecule has 0 radical (unpaired) electrons. The van der Waals surface area contributed by atoms with Crippen LogP contribution in [0.15, 0.2) is 59.4 Å². The van der Waals surface area contributed by atoms with E-state index >= 15 is 0 Å². The normalized spacial score (nSPS) is 10.7. The van der Waals surface area contributed by atoms with Gasteiger partial charge in [0.2, 0.25) is 5.43 Å². The number of hydrogen-bond donors (Lipinski definition) is 0. The number of aryl methyl sites for hydroxylation is 1. The molecule has 0 aliphatic carbocycles. The SMILES string of the molecule is Cn1nc(-c2ccccc2)c(=O)c2ccccc21. The first-order chi connectivity index (χ1) is 8.77. The number of nitrogens with zero attached hydrogens (tertiary/aromatic N) is 2. The van der Waals surface area contributed by atoms with Crippen molar-refractivity contribution >= 4 is 10.9 Å². The molecule has 0 amide bonds. The summed E-state index contributed by atoms with van der Waals surface area (Å²) in [7, 11) is 1.86. The van der Waals surface area contributed by atoms with Crippen molar-refractivity contribution in [3.63, 3.8) is 0 Å². The van der Waals surface area contributed by atoms with Gasteiger partial charge in [-0.25, -0.2) is 0 Å². The minimum absolute atomic E-state index is 0.0186. The van der Waals surface area contributed by atoms with E-state index in [-0.39, 0.29) is 5.43 Å². The van der Waals surface area contributed by atoms with E-state index < -0.39 is 0 Å². The van der Waals surface area contributed by atoms with E-state index in [4.69, 9.17) is 0 Å². The van der Waals surface area contributed by atoms with Gasteiger partial charge in [-0.05, 0) is 12.1 Å². The standard InChI is InChI=1S/C15H12N2O/c1-17-13-10-6-5-9-12(13)15(18)14(16-17)11-7-3-2-4-8-11/h2-10H,1H3. The fraction of sp³-hybridized carbons (Fsp3) is 0.0667. The van der Waals surface area contributed by atoms with Crippen LogP contribution in [0.25, 0.3) is 22.2 Å². The Bertz CT molecular complexity index is 760. The van der Waals surface area contributed by atoms with E-state index in [0.717, 1.165) is 11.1 Å². The van der Waals surface area contributed by atoms with Crippen LogP contribution in [-0.4, -0.2) is 9.78 Å². The molecule has 1 heterocycles. The second-order valence-electron chi connectivity index (χ2n) is 4.18. The van der Waals surface area contributed by atoms with Crippen molar-refractivity contribution in [2.45, 2.75) is 0 Å². The molecular formula is C15H12N2O. The lowest BCUT2D eigenvalue weighted by Gasteiger charge is -2.07. The third-order valence-corrected chi connectivity index (χ3v) is 3.01. The molecule has 0 N–H and O–H groups in total. The summed E-state index contributed by atoms with van der Waals surface area (Å²) >= 11 is 0. The molecule has 3 rings (SSSR count). The van der Waals surface area contributed by atoms with Gasteiger partial charge in [-0.1, -0.05) is 42.5 Å². The van der Waals surface area contributed by atoms with E-state index in [1.54, 1.807) is 4.68 Å². The van der Waals surface area contributed by atoms with Gasteiger partial charge in [-0.3, -0.25) is 9.48 Å². The Morgan fingerprint density at radius 3 is 2.39 bits per heavy atom. The van der Waals surface area contributed by atoms with E-state index in [1.165, 1.54) is 0 Å². The molecule has 18 heavy (non-hydrogen) atoms. The lowest BCUT2D eigenvalue weighted by Crippen LogP contribution is -2.14. The molecule has 0 aliphatic heterocycles. The van der Waals surface area contributed by atoms with Crippen molar-refractivity contribution in [2.24, 2.45) is 7.05 Å². The number of benzene rings is 2. The van der Waals surface area contributed by atoms with E-state index in [1.807, 2.05) is 61.6 Å². The highest BCUT2D eigenvalue weighted by atomic mass is 16.1. The Kier molecular flexibility index (Phi) is 2.45. The van der Waals surface area contributed by atoms with Crippen molar-refractivity contribution in [3.8, 4) is 11.3 Å². The Labute approximate surface area is 104 Å². The van der Waals surface area contributed by atoms with Crippen LogP contribution in [0.2, 0.25) is 0 Å². The van der Waals surface area contributed by atoms with Gasteiger partial charge >= 0.3 is 0 Å². The molecule has 88 valence electrons. The third kappa shape index (κ3) is 1.61. The third-order valence-electron chi connectivity index (χ3n) is 3.01. The fourth-order valence-corrected chi connectivity index (χ4v) is 2.11. The van der Waals surface area contributed by atoms with Crippen LogP contribution in [0.1, 0.15) is 0 Å². The summed E-state index contributed by atoms with van der Waals surface area (Å²) in [5, 5.41) is 5.08. The van der Waals surface area contributed by atoms with Gasteiger partial charge in [-0.15, -0.1) is 0 Å². The van der Waals surface area contributed by atoms with Crippen LogP contribution in [0.3, 0.4) is 0 Å². The van der Waals surface area contributed by atoms with Crippen LogP contribution >= 0.6 is 0 Å². The van der Waals surface area contributed by atoms with Gasteiger partial charge < -0.3 is 0 Å². The molecular weight excluding hydrogens is 224 g/mol. The zero-order chi connectivity index (χ0) is 12.5. The molecule has 0 atom stereocenters. The number of hydrogen-bond acceptors (Lipinski definition) is 2. The average Bonchev–Trinajstić information content (AvgIpc) is 2.44. The lowest BCUT2D eigenvalue weighted by molar-refractivity contribution is 0.778. The molecule has 3 aromatic rings. The Hall–Kier alpha value is -2.42. The molecule has 0 bridgehead atoms. The van der Waals surface area contributed by atoms with Gasteiger partial charge in [0, 0.05) is 18.0 Å².